The molecule has 1 aliphatic carbocycles. The molecular formula is C24H21N5O3S3. The molecule has 11 heteroatoms. The number of carbonyl (C=O) groups excluding carboxylic acids is 2. The Morgan fingerprint density at radius 2 is 2.03 bits per heavy atom. The van der Waals surface area contributed by atoms with Crippen LogP contribution in [-0.2, 0) is 22.4 Å². The predicted molar refractivity (Wildman–Crippen MR) is 138 cm³/mol. The number of ether oxygens (including phenoxy) is 1. The highest BCUT2D eigenvalue weighted by molar-refractivity contribution is 7.99. The minimum Gasteiger partial charge on any atom is -0.465 e. The van der Waals surface area contributed by atoms with E-state index in [1.54, 1.807) is 0 Å². The largest absolute Gasteiger partial charge is 0.465 e. The van der Waals surface area contributed by atoms with Gasteiger partial charge in [-0.3, -0.25) is 4.79 Å². The summed E-state index contributed by atoms with van der Waals surface area (Å²) >= 11 is 4.11. The van der Waals surface area contributed by atoms with Gasteiger partial charge in [-0.05, 0) is 53.6 Å². The quantitative estimate of drug-likeness (QED) is 0.326. The number of fused-ring (bicyclic) bond motifs is 1. The Balaban J connectivity index is 1.50. The van der Waals surface area contributed by atoms with Crippen molar-refractivity contribution in [2.24, 2.45) is 0 Å². The number of hydrogen-bond acceptors (Lipinski definition) is 10. The van der Waals surface area contributed by atoms with Crippen LogP contribution in [0, 0.1) is 22.7 Å². The highest BCUT2D eigenvalue weighted by Gasteiger charge is 2.27. The second-order valence-electron chi connectivity index (χ2n) is 7.72. The first-order valence-electron chi connectivity index (χ1n) is 10.8. The Labute approximate surface area is 214 Å². The van der Waals surface area contributed by atoms with Crippen LogP contribution in [0.5, 0.6) is 0 Å². The molecule has 0 saturated carbocycles. The van der Waals surface area contributed by atoms with E-state index in [9.17, 15) is 20.1 Å². The van der Waals surface area contributed by atoms with Crippen LogP contribution in [0.3, 0.4) is 0 Å². The summed E-state index contributed by atoms with van der Waals surface area (Å²) in [6.45, 7) is 0. The SMILES string of the molecule is COC(=O)c1c(NC(=O)CCSc2nc(N)c(C#N)c(-c3ccsc3)c2C#N)sc2c1CCCC2. The molecule has 0 radical (unpaired) electrons. The van der Waals surface area contributed by atoms with E-state index in [0.29, 0.717) is 26.9 Å². The Kier molecular flexibility index (Phi) is 7.71. The maximum atomic E-state index is 12.7. The maximum Gasteiger partial charge on any atom is 0.341 e. The first-order chi connectivity index (χ1) is 17.0. The van der Waals surface area contributed by atoms with Gasteiger partial charge in [0.1, 0.15) is 33.5 Å². The zero-order valence-electron chi connectivity index (χ0n) is 18.8. The molecule has 0 aromatic carbocycles. The third-order valence-electron chi connectivity index (χ3n) is 5.61. The molecule has 178 valence electrons. The smallest absolute Gasteiger partial charge is 0.341 e. The van der Waals surface area contributed by atoms with Crippen molar-refractivity contribution in [3.8, 4) is 23.3 Å². The third-order valence-corrected chi connectivity index (χ3v) is 8.47. The van der Waals surface area contributed by atoms with Gasteiger partial charge in [-0.15, -0.1) is 23.1 Å². The van der Waals surface area contributed by atoms with Crippen molar-refractivity contribution in [2.75, 3.05) is 23.9 Å². The van der Waals surface area contributed by atoms with Gasteiger partial charge in [0.2, 0.25) is 5.91 Å². The van der Waals surface area contributed by atoms with Crippen molar-refractivity contribution >= 4 is 57.1 Å². The first kappa shape index (κ1) is 24.7. The van der Waals surface area contributed by atoms with Crippen molar-refractivity contribution in [1.82, 2.24) is 4.98 Å². The number of pyridine rings is 1. The molecule has 1 aliphatic rings. The summed E-state index contributed by atoms with van der Waals surface area (Å²) in [6.07, 6.45) is 3.90. The van der Waals surface area contributed by atoms with E-state index in [1.807, 2.05) is 16.8 Å². The molecular weight excluding hydrogens is 502 g/mol. The molecule has 4 rings (SSSR count). The Hall–Kier alpha value is -3.38. The molecule has 0 spiro atoms. The van der Waals surface area contributed by atoms with Gasteiger partial charge in [0.05, 0.1) is 18.2 Å². The molecule has 0 aliphatic heterocycles. The fourth-order valence-electron chi connectivity index (χ4n) is 4.00. The molecule has 8 nitrogen and oxygen atoms in total. The van der Waals surface area contributed by atoms with Crippen LogP contribution in [-0.4, -0.2) is 29.7 Å². The van der Waals surface area contributed by atoms with Crippen molar-refractivity contribution in [3.05, 3.63) is 44.0 Å². The fourth-order valence-corrected chi connectivity index (χ4v) is 6.88. The number of nitriles is 2. The van der Waals surface area contributed by atoms with Gasteiger partial charge >= 0.3 is 5.97 Å². The number of thioether (sulfide) groups is 1. The zero-order chi connectivity index (χ0) is 24.9. The van der Waals surface area contributed by atoms with E-state index in [4.69, 9.17) is 10.5 Å². The number of aryl methyl sites for hydroxylation is 1. The summed E-state index contributed by atoms with van der Waals surface area (Å²) < 4.78 is 4.96. The number of nitrogens with two attached hydrogens (primary N) is 1. The number of nitrogen functional groups attached to an aromatic ring is 1. The number of hydrogen-bond donors (Lipinski definition) is 2. The molecule has 1 amide bonds. The Morgan fingerprint density at radius 3 is 2.71 bits per heavy atom. The van der Waals surface area contributed by atoms with Crippen molar-refractivity contribution in [1.29, 1.82) is 10.5 Å². The van der Waals surface area contributed by atoms with Crippen LogP contribution < -0.4 is 11.1 Å². The summed E-state index contributed by atoms with van der Waals surface area (Å²) in [5.41, 5.74) is 9.09. The number of anilines is 2. The lowest BCUT2D eigenvalue weighted by Crippen LogP contribution is -2.15. The number of carbonyl (C=O) groups is 2. The summed E-state index contributed by atoms with van der Waals surface area (Å²) in [6, 6.07) is 6.02. The summed E-state index contributed by atoms with van der Waals surface area (Å²) in [7, 11) is 1.34. The monoisotopic (exact) mass is 523 g/mol. The minimum absolute atomic E-state index is 0.0477. The predicted octanol–water partition coefficient (Wildman–Crippen LogP) is 4.98. The molecule has 0 saturated heterocycles. The topological polar surface area (TPSA) is 142 Å². The average Bonchev–Trinajstić information content (AvgIpc) is 3.51. The molecule has 3 aromatic heterocycles. The van der Waals surface area contributed by atoms with Crippen molar-refractivity contribution in [3.63, 3.8) is 0 Å². The highest BCUT2D eigenvalue weighted by Crippen LogP contribution is 2.39. The third kappa shape index (κ3) is 5.03. The van der Waals surface area contributed by atoms with Crippen LogP contribution in [0.4, 0.5) is 10.8 Å². The van der Waals surface area contributed by atoms with Crippen LogP contribution in [0.15, 0.2) is 21.9 Å². The van der Waals surface area contributed by atoms with E-state index in [2.05, 4.69) is 22.4 Å². The highest BCUT2D eigenvalue weighted by atomic mass is 32.2. The zero-order valence-corrected chi connectivity index (χ0v) is 21.3. The van der Waals surface area contributed by atoms with E-state index < -0.39 is 5.97 Å². The van der Waals surface area contributed by atoms with E-state index in [1.165, 1.54) is 41.5 Å². The number of esters is 1. The van der Waals surface area contributed by atoms with Crippen LogP contribution in [0.25, 0.3) is 11.1 Å². The second kappa shape index (κ2) is 10.9. The number of nitrogens with one attached hydrogen (secondary N) is 1. The second-order valence-corrected chi connectivity index (χ2v) is 10.7. The van der Waals surface area contributed by atoms with Gasteiger partial charge in [-0.2, -0.15) is 21.9 Å². The lowest BCUT2D eigenvalue weighted by Gasteiger charge is -2.12. The summed E-state index contributed by atoms with van der Waals surface area (Å²) in [5.74, 6) is -0.308. The first-order valence-corrected chi connectivity index (χ1v) is 13.5. The van der Waals surface area contributed by atoms with Crippen molar-refractivity contribution < 1.29 is 14.3 Å². The van der Waals surface area contributed by atoms with Gasteiger partial charge in [-0.25, -0.2) is 9.78 Å². The van der Waals surface area contributed by atoms with Gasteiger partial charge in [0.15, 0.2) is 0 Å². The summed E-state index contributed by atoms with van der Waals surface area (Å²) in [5, 5.41) is 26.9. The lowest BCUT2D eigenvalue weighted by molar-refractivity contribution is -0.115. The molecule has 0 unspecified atom stereocenters. The van der Waals surface area contributed by atoms with Crippen molar-refractivity contribution in [2.45, 2.75) is 37.1 Å². The van der Waals surface area contributed by atoms with Gasteiger partial charge in [0.25, 0.3) is 0 Å². The normalized spacial score (nSPS) is 12.3. The van der Waals surface area contributed by atoms with Crippen LogP contribution in [0.1, 0.15) is 51.2 Å². The van der Waals surface area contributed by atoms with Crippen LogP contribution >= 0.6 is 34.4 Å². The fraction of sp³-hybridized carbons (Fsp3) is 0.292. The summed E-state index contributed by atoms with van der Waals surface area (Å²) in [4.78, 5) is 30.5. The lowest BCUT2D eigenvalue weighted by atomic mass is 9.95. The van der Waals surface area contributed by atoms with E-state index >= 15 is 0 Å². The van der Waals surface area contributed by atoms with Gasteiger partial charge in [0, 0.05) is 22.6 Å². The molecule has 3 aromatic rings. The van der Waals surface area contributed by atoms with Gasteiger partial charge in [-0.1, -0.05) is 0 Å². The molecule has 0 bridgehead atoms. The number of thiophene rings is 2. The average molecular weight is 524 g/mol. The standard InChI is InChI=1S/C24H21N5O3S3/c1-32-24(31)20-14-4-2-3-5-17(14)35-23(20)28-18(30)7-9-34-22-16(11-26)19(13-6-8-33-12-13)15(10-25)21(27)29-22/h6,8,12H,2-5,7,9H2,1H3,(H2,27,29)(H,28,30). The molecule has 3 N–H and O–H groups in total. The number of amides is 1. The molecule has 0 fully saturated rings. The molecule has 3 heterocycles. The molecule has 0 atom stereocenters. The minimum atomic E-state index is -0.439. The Bertz CT molecular complexity index is 1370. The van der Waals surface area contributed by atoms with Crippen LogP contribution in [0.2, 0.25) is 0 Å². The van der Waals surface area contributed by atoms with Gasteiger partial charge < -0.3 is 15.8 Å². The maximum absolute atomic E-state index is 12.7. The number of nitrogens with zero attached hydrogens (tertiary/aromatic N) is 3. The van der Waals surface area contributed by atoms with E-state index in [0.717, 1.165) is 41.7 Å². The van der Waals surface area contributed by atoms with E-state index in [-0.39, 0.29) is 29.3 Å². The number of aromatic nitrogens is 1. The Morgan fingerprint density at radius 1 is 1.26 bits per heavy atom. The molecule has 35 heavy (non-hydrogen) atoms. The number of rotatable bonds is 7. The number of methoxy groups -OCH3 is 1.